The molecule has 1 amide bonds. The molecule has 18 heavy (non-hydrogen) atoms. The molecule has 1 unspecified atom stereocenters. The first kappa shape index (κ1) is 12.7. The van der Waals surface area contributed by atoms with E-state index in [0.717, 1.165) is 29.9 Å². The van der Waals surface area contributed by atoms with E-state index in [9.17, 15) is 4.79 Å². The monoisotopic (exact) mass is 249 g/mol. The summed E-state index contributed by atoms with van der Waals surface area (Å²) in [7, 11) is 3.25. The lowest BCUT2D eigenvalue weighted by Gasteiger charge is -2.24. The molecule has 1 atom stereocenters. The van der Waals surface area contributed by atoms with Crippen LogP contribution in [0, 0.1) is 0 Å². The summed E-state index contributed by atoms with van der Waals surface area (Å²) in [6.07, 6.45) is 2.29. The minimum absolute atomic E-state index is 0.137. The van der Waals surface area contributed by atoms with Gasteiger partial charge in [0.15, 0.2) is 11.5 Å². The zero-order valence-corrected chi connectivity index (χ0v) is 11.1. The van der Waals surface area contributed by atoms with Gasteiger partial charge in [0.25, 0.3) is 0 Å². The highest BCUT2D eigenvalue weighted by molar-refractivity contribution is 5.79. The van der Waals surface area contributed by atoms with Crippen molar-refractivity contribution in [2.75, 3.05) is 14.2 Å². The molecule has 1 saturated heterocycles. The van der Waals surface area contributed by atoms with E-state index in [0.29, 0.717) is 6.42 Å². The van der Waals surface area contributed by atoms with Crippen LogP contribution < -0.4 is 14.8 Å². The average molecular weight is 249 g/mol. The van der Waals surface area contributed by atoms with Gasteiger partial charge in [0.1, 0.15) is 0 Å². The summed E-state index contributed by atoms with van der Waals surface area (Å²) in [4.78, 5) is 11.3. The first-order valence-corrected chi connectivity index (χ1v) is 6.08. The highest BCUT2D eigenvalue weighted by Gasteiger charge is 2.33. The van der Waals surface area contributed by atoms with Crippen molar-refractivity contribution in [2.24, 2.45) is 0 Å². The number of carbonyl (C=O) groups excluding carboxylic acids is 1. The Morgan fingerprint density at radius 1 is 1.28 bits per heavy atom. The first-order chi connectivity index (χ1) is 8.56. The van der Waals surface area contributed by atoms with Gasteiger partial charge in [-0.2, -0.15) is 0 Å². The number of nitrogens with one attached hydrogen (secondary N) is 1. The quantitative estimate of drug-likeness (QED) is 0.886. The molecule has 1 aliphatic rings. The Balaban J connectivity index is 2.17. The van der Waals surface area contributed by atoms with Crippen LogP contribution in [0.4, 0.5) is 0 Å². The molecule has 0 aliphatic carbocycles. The van der Waals surface area contributed by atoms with Gasteiger partial charge in [-0.3, -0.25) is 4.79 Å². The third-order valence-electron chi connectivity index (χ3n) is 3.39. The van der Waals surface area contributed by atoms with Gasteiger partial charge >= 0.3 is 0 Å². The maximum absolute atomic E-state index is 11.3. The van der Waals surface area contributed by atoms with E-state index in [1.165, 1.54) is 0 Å². The largest absolute Gasteiger partial charge is 0.493 e. The molecule has 4 heteroatoms. The predicted octanol–water partition coefficient (Wildman–Crippen LogP) is 1.91. The van der Waals surface area contributed by atoms with Crippen molar-refractivity contribution in [3.8, 4) is 11.5 Å². The maximum atomic E-state index is 11.3. The standard InChI is InChI=1S/C14H19NO3/c1-14(7-6-13(16)15-14)9-10-4-5-11(17-2)12(8-10)18-3/h4-5,8H,6-7,9H2,1-3H3,(H,15,16). The van der Waals surface area contributed by atoms with Gasteiger partial charge in [0, 0.05) is 12.0 Å². The number of rotatable bonds is 4. The smallest absolute Gasteiger partial charge is 0.220 e. The third kappa shape index (κ3) is 2.58. The molecule has 4 nitrogen and oxygen atoms in total. The van der Waals surface area contributed by atoms with Crippen LogP contribution in [0.15, 0.2) is 18.2 Å². The molecule has 98 valence electrons. The molecule has 1 heterocycles. The van der Waals surface area contributed by atoms with Gasteiger partial charge in [0.05, 0.1) is 14.2 Å². The van der Waals surface area contributed by atoms with E-state index in [4.69, 9.17) is 9.47 Å². The van der Waals surface area contributed by atoms with Crippen LogP contribution in [-0.2, 0) is 11.2 Å². The summed E-state index contributed by atoms with van der Waals surface area (Å²) < 4.78 is 10.5. The van der Waals surface area contributed by atoms with Gasteiger partial charge in [-0.1, -0.05) is 6.07 Å². The minimum atomic E-state index is -0.142. The molecule has 0 spiro atoms. The fraction of sp³-hybridized carbons (Fsp3) is 0.500. The number of amides is 1. The molecule has 0 radical (unpaired) electrons. The minimum Gasteiger partial charge on any atom is -0.493 e. The van der Waals surface area contributed by atoms with E-state index in [2.05, 4.69) is 12.2 Å². The number of hydrogen-bond donors (Lipinski definition) is 1. The normalized spacial score (nSPS) is 22.7. The Kier molecular flexibility index (Phi) is 3.45. The highest BCUT2D eigenvalue weighted by atomic mass is 16.5. The predicted molar refractivity (Wildman–Crippen MR) is 69.0 cm³/mol. The van der Waals surface area contributed by atoms with Crippen molar-refractivity contribution in [1.82, 2.24) is 5.32 Å². The molecule has 2 rings (SSSR count). The van der Waals surface area contributed by atoms with Crippen molar-refractivity contribution in [2.45, 2.75) is 31.7 Å². The second-order valence-electron chi connectivity index (χ2n) is 4.97. The summed E-state index contributed by atoms with van der Waals surface area (Å²) in [5.41, 5.74) is 0.994. The molecule has 1 N–H and O–H groups in total. The zero-order chi connectivity index (χ0) is 13.2. The van der Waals surface area contributed by atoms with Crippen LogP contribution in [0.5, 0.6) is 11.5 Å². The highest BCUT2D eigenvalue weighted by Crippen LogP contribution is 2.31. The molecule has 1 aliphatic heterocycles. The Hall–Kier alpha value is -1.71. The van der Waals surface area contributed by atoms with E-state index in [1.807, 2.05) is 18.2 Å². The van der Waals surface area contributed by atoms with Gasteiger partial charge in [-0.25, -0.2) is 0 Å². The molecule has 1 aromatic carbocycles. The number of hydrogen-bond acceptors (Lipinski definition) is 3. The maximum Gasteiger partial charge on any atom is 0.220 e. The lowest BCUT2D eigenvalue weighted by molar-refractivity contribution is -0.119. The van der Waals surface area contributed by atoms with Crippen LogP contribution in [0.3, 0.4) is 0 Å². The van der Waals surface area contributed by atoms with Crippen molar-refractivity contribution in [1.29, 1.82) is 0 Å². The number of benzene rings is 1. The second-order valence-corrected chi connectivity index (χ2v) is 4.97. The van der Waals surface area contributed by atoms with Gasteiger partial charge in [0.2, 0.25) is 5.91 Å². The van der Waals surface area contributed by atoms with Crippen molar-refractivity contribution < 1.29 is 14.3 Å². The van der Waals surface area contributed by atoms with Crippen LogP contribution in [0.1, 0.15) is 25.3 Å². The third-order valence-corrected chi connectivity index (χ3v) is 3.39. The topological polar surface area (TPSA) is 47.6 Å². The summed E-state index contributed by atoms with van der Waals surface area (Å²) in [5.74, 6) is 1.59. The fourth-order valence-corrected chi connectivity index (χ4v) is 2.42. The van der Waals surface area contributed by atoms with E-state index in [1.54, 1.807) is 14.2 Å². The van der Waals surface area contributed by atoms with Gasteiger partial charge < -0.3 is 14.8 Å². The lowest BCUT2D eigenvalue weighted by atomic mass is 9.91. The van der Waals surface area contributed by atoms with Crippen LogP contribution in [-0.4, -0.2) is 25.7 Å². The van der Waals surface area contributed by atoms with Crippen LogP contribution in [0.25, 0.3) is 0 Å². The molecule has 1 aromatic rings. The first-order valence-electron chi connectivity index (χ1n) is 6.08. The number of carbonyl (C=O) groups is 1. The summed E-state index contributed by atoms with van der Waals surface area (Å²) in [6, 6.07) is 5.87. The molecule has 0 bridgehead atoms. The zero-order valence-electron chi connectivity index (χ0n) is 11.1. The number of methoxy groups -OCH3 is 2. The molecule has 1 fully saturated rings. The van der Waals surface area contributed by atoms with Crippen molar-refractivity contribution in [3.63, 3.8) is 0 Å². The Morgan fingerprint density at radius 2 is 2.00 bits per heavy atom. The molecule has 0 aromatic heterocycles. The summed E-state index contributed by atoms with van der Waals surface area (Å²) in [5, 5.41) is 3.03. The fourth-order valence-electron chi connectivity index (χ4n) is 2.42. The average Bonchev–Trinajstić information content (AvgIpc) is 2.68. The molecular weight excluding hydrogens is 230 g/mol. The summed E-state index contributed by atoms with van der Waals surface area (Å²) >= 11 is 0. The number of ether oxygens (including phenoxy) is 2. The lowest BCUT2D eigenvalue weighted by Crippen LogP contribution is -2.40. The Morgan fingerprint density at radius 3 is 2.56 bits per heavy atom. The summed E-state index contributed by atoms with van der Waals surface area (Å²) in [6.45, 7) is 2.08. The second kappa shape index (κ2) is 4.88. The van der Waals surface area contributed by atoms with Crippen molar-refractivity contribution in [3.05, 3.63) is 23.8 Å². The van der Waals surface area contributed by atoms with E-state index in [-0.39, 0.29) is 11.4 Å². The Bertz CT molecular complexity index is 458. The van der Waals surface area contributed by atoms with Crippen LogP contribution >= 0.6 is 0 Å². The molecule has 0 saturated carbocycles. The Labute approximate surface area is 107 Å². The van der Waals surface area contributed by atoms with Gasteiger partial charge in [-0.15, -0.1) is 0 Å². The van der Waals surface area contributed by atoms with E-state index >= 15 is 0 Å². The van der Waals surface area contributed by atoms with Gasteiger partial charge in [-0.05, 0) is 37.5 Å². The SMILES string of the molecule is COc1ccc(CC2(C)CCC(=O)N2)cc1OC. The molecular formula is C14H19NO3. The van der Waals surface area contributed by atoms with E-state index < -0.39 is 0 Å². The van der Waals surface area contributed by atoms with Crippen molar-refractivity contribution >= 4 is 5.91 Å². The van der Waals surface area contributed by atoms with Crippen LogP contribution in [0.2, 0.25) is 0 Å².